The smallest absolute Gasteiger partial charge is 0.337 e. The lowest BCUT2D eigenvalue weighted by Crippen LogP contribution is -2.19. The van der Waals surface area contributed by atoms with Gasteiger partial charge in [-0.25, -0.2) is 4.79 Å². The fourth-order valence-electron chi connectivity index (χ4n) is 1.19. The average Bonchev–Trinajstić information content (AvgIpc) is 2.15. The van der Waals surface area contributed by atoms with Gasteiger partial charge in [-0.2, -0.15) is 0 Å². The van der Waals surface area contributed by atoms with E-state index >= 15 is 0 Å². The molecule has 3 nitrogen and oxygen atoms in total. The summed E-state index contributed by atoms with van der Waals surface area (Å²) in [4.78, 5) is 11.0. The van der Waals surface area contributed by atoms with Crippen LogP contribution in [0.5, 0.6) is 0 Å². The molecule has 15 heavy (non-hydrogen) atoms. The Morgan fingerprint density at radius 2 is 1.87 bits per heavy atom. The molecule has 0 aliphatic heterocycles. The predicted molar refractivity (Wildman–Crippen MR) is 60.7 cm³/mol. The number of carboxylic acid groups (broad SMARTS) is 1. The van der Waals surface area contributed by atoms with Crippen LogP contribution < -0.4 is 0 Å². The molecular formula is C11H13BrO3. The van der Waals surface area contributed by atoms with Crippen LogP contribution in [0.25, 0.3) is 0 Å². The van der Waals surface area contributed by atoms with Crippen LogP contribution in [0.15, 0.2) is 28.7 Å². The molecule has 0 fully saturated rings. The third-order valence-corrected chi connectivity index (χ3v) is 2.33. The molecule has 4 heteroatoms. The molecule has 0 amide bonds. The van der Waals surface area contributed by atoms with Crippen molar-refractivity contribution in [3.63, 3.8) is 0 Å². The summed E-state index contributed by atoms with van der Waals surface area (Å²) in [5.74, 6) is -0.967. The summed E-state index contributed by atoms with van der Waals surface area (Å²) >= 11 is 3.29. The Morgan fingerprint density at radius 1 is 1.33 bits per heavy atom. The van der Waals surface area contributed by atoms with Crippen LogP contribution in [-0.4, -0.2) is 17.2 Å². The van der Waals surface area contributed by atoms with Gasteiger partial charge in [-0.1, -0.05) is 28.1 Å². The summed E-state index contributed by atoms with van der Waals surface area (Å²) in [6, 6.07) is 7.08. The van der Waals surface area contributed by atoms with E-state index in [-0.39, 0.29) is 6.10 Å². The third kappa shape index (κ3) is 3.64. The molecule has 0 aliphatic rings. The fraction of sp³-hybridized carbons (Fsp3) is 0.364. The lowest BCUT2D eigenvalue weighted by molar-refractivity contribution is -0.153. The van der Waals surface area contributed by atoms with E-state index < -0.39 is 12.1 Å². The van der Waals surface area contributed by atoms with Gasteiger partial charge in [0.2, 0.25) is 0 Å². The summed E-state index contributed by atoms with van der Waals surface area (Å²) in [5.41, 5.74) is 0.652. The predicted octanol–water partition coefficient (Wildman–Crippen LogP) is 3.00. The van der Waals surface area contributed by atoms with E-state index in [1.165, 1.54) is 0 Å². The minimum atomic E-state index is -0.967. The molecular weight excluding hydrogens is 260 g/mol. The van der Waals surface area contributed by atoms with Gasteiger partial charge in [-0.05, 0) is 31.5 Å². The number of carbonyl (C=O) groups is 1. The number of hydrogen-bond acceptors (Lipinski definition) is 2. The highest BCUT2D eigenvalue weighted by Crippen LogP contribution is 2.21. The van der Waals surface area contributed by atoms with Gasteiger partial charge in [0, 0.05) is 4.47 Å². The molecule has 1 aromatic carbocycles. The molecule has 0 bridgehead atoms. The Balaban J connectivity index is 2.89. The van der Waals surface area contributed by atoms with Crippen LogP contribution in [0.2, 0.25) is 0 Å². The van der Waals surface area contributed by atoms with Gasteiger partial charge in [0.05, 0.1) is 6.10 Å². The van der Waals surface area contributed by atoms with E-state index in [2.05, 4.69) is 15.9 Å². The molecule has 0 spiro atoms. The van der Waals surface area contributed by atoms with Crippen molar-refractivity contribution in [3.8, 4) is 0 Å². The summed E-state index contributed by atoms with van der Waals surface area (Å²) in [7, 11) is 0. The van der Waals surface area contributed by atoms with Crippen molar-refractivity contribution in [2.45, 2.75) is 26.1 Å². The van der Waals surface area contributed by atoms with E-state index in [0.29, 0.717) is 5.56 Å². The van der Waals surface area contributed by atoms with Crippen molar-refractivity contribution in [2.75, 3.05) is 0 Å². The minimum Gasteiger partial charge on any atom is -0.479 e. The zero-order valence-corrected chi connectivity index (χ0v) is 10.2. The Morgan fingerprint density at radius 3 is 2.27 bits per heavy atom. The zero-order valence-electron chi connectivity index (χ0n) is 8.61. The van der Waals surface area contributed by atoms with Crippen LogP contribution in [0.1, 0.15) is 25.5 Å². The molecule has 0 heterocycles. The number of rotatable bonds is 4. The molecule has 1 unspecified atom stereocenters. The molecule has 1 rings (SSSR count). The molecule has 0 aliphatic carbocycles. The molecule has 1 N–H and O–H groups in total. The Labute approximate surface area is 97.2 Å². The fourth-order valence-corrected chi connectivity index (χ4v) is 1.45. The third-order valence-electron chi connectivity index (χ3n) is 1.81. The van der Waals surface area contributed by atoms with E-state index in [0.717, 1.165) is 4.47 Å². The van der Waals surface area contributed by atoms with Crippen molar-refractivity contribution in [1.29, 1.82) is 0 Å². The van der Waals surface area contributed by atoms with Crippen LogP contribution in [-0.2, 0) is 9.53 Å². The van der Waals surface area contributed by atoms with Crippen LogP contribution in [0.3, 0.4) is 0 Å². The lowest BCUT2D eigenvalue weighted by atomic mass is 10.1. The minimum absolute atomic E-state index is 0.116. The zero-order chi connectivity index (χ0) is 11.4. The number of benzene rings is 1. The van der Waals surface area contributed by atoms with Gasteiger partial charge in [0.1, 0.15) is 0 Å². The number of ether oxygens (including phenoxy) is 1. The SMILES string of the molecule is CC(C)OC(C(=O)O)c1ccc(Br)cc1. The van der Waals surface area contributed by atoms with Crippen molar-refractivity contribution in [2.24, 2.45) is 0 Å². The second-order valence-corrected chi connectivity index (χ2v) is 4.37. The van der Waals surface area contributed by atoms with Crippen molar-refractivity contribution in [3.05, 3.63) is 34.3 Å². The summed E-state index contributed by atoms with van der Waals surface area (Å²) < 4.78 is 6.24. The maximum Gasteiger partial charge on any atom is 0.337 e. The maximum atomic E-state index is 11.0. The van der Waals surface area contributed by atoms with Gasteiger partial charge in [0.15, 0.2) is 6.10 Å². The normalized spacial score (nSPS) is 12.8. The lowest BCUT2D eigenvalue weighted by Gasteiger charge is -2.16. The highest BCUT2D eigenvalue weighted by Gasteiger charge is 2.21. The Kier molecular flexibility index (Phi) is 4.29. The summed E-state index contributed by atoms with van der Waals surface area (Å²) in [6.45, 7) is 3.63. The van der Waals surface area contributed by atoms with Gasteiger partial charge in [0.25, 0.3) is 0 Å². The summed E-state index contributed by atoms with van der Waals surface area (Å²) in [5, 5.41) is 9.01. The van der Waals surface area contributed by atoms with Crippen molar-refractivity contribution in [1.82, 2.24) is 0 Å². The first kappa shape index (κ1) is 12.2. The highest BCUT2D eigenvalue weighted by atomic mass is 79.9. The van der Waals surface area contributed by atoms with Gasteiger partial charge < -0.3 is 9.84 Å². The molecule has 0 radical (unpaired) electrons. The van der Waals surface area contributed by atoms with Crippen molar-refractivity contribution < 1.29 is 14.6 Å². The van der Waals surface area contributed by atoms with Crippen LogP contribution >= 0.6 is 15.9 Å². The topological polar surface area (TPSA) is 46.5 Å². The van der Waals surface area contributed by atoms with Crippen LogP contribution in [0.4, 0.5) is 0 Å². The van der Waals surface area contributed by atoms with Crippen LogP contribution in [0, 0.1) is 0 Å². The Bertz CT molecular complexity index is 332. The average molecular weight is 273 g/mol. The molecule has 0 saturated heterocycles. The first-order chi connectivity index (χ1) is 7.00. The number of aliphatic carboxylic acids is 1. The highest BCUT2D eigenvalue weighted by molar-refractivity contribution is 9.10. The second kappa shape index (κ2) is 5.28. The van der Waals surface area contributed by atoms with Gasteiger partial charge in [-0.3, -0.25) is 0 Å². The molecule has 0 aromatic heterocycles. The molecule has 1 atom stereocenters. The first-order valence-corrected chi connectivity index (χ1v) is 5.43. The van der Waals surface area contributed by atoms with E-state index in [9.17, 15) is 4.79 Å². The van der Waals surface area contributed by atoms with E-state index in [1.807, 2.05) is 13.8 Å². The van der Waals surface area contributed by atoms with Crippen molar-refractivity contribution >= 4 is 21.9 Å². The number of hydrogen-bond donors (Lipinski definition) is 1. The first-order valence-electron chi connectivity index (χ1n) is 4.64. The molecule has 0 saturated carbocycles. The largest absolute Gasteiger partial charge is 0.479 e. The standard InChI is InChI=1S/C11H13BrO3/c1-7(2)15-10(11(13)14)8-3-5-9(12)6-4-8/h3-7,10H,1-2H3,(H,13,14). The quantitative estimate of drug-likeness (QED) is 0.917. The summed E-state index contributed by atoms with van der Waals surface area (Å²) in [6.07, 6.45) is -1.01. The maximum absolute atomic E-state index is 11.0. The number of carboxylic acids is 1. The van der Waals surface area contributed by atoms with E-state index in [4.69, 9.17) is 9.84 Å². The van der Waals surface area contributed by atoms with Gasteiger partial charge in [-0.15, -0.1) is 0 Å². The van der Waals surface area contributed by atoms with Gasteiger partial charge >= 0.3 is 5.97 Å². The second-order valence-electron chi connectivity index (χ2n) is 3.45. The molecule has 1 aromatic rings. The Hall–Kier alpha value is -0.870. The monoisotopic (exact) mass is 272 g/mol. The number of halogens is 1. The molecule has 82 valence electrons. The van der Waals surface area contributed by atoms with E-state index in [1.54, 1.807) is 24.3 Å².